The number of para-hydroxylation sites is 3. The minimum atomic E-state index is -3.75. The highest BCUT2D eigenvalue weighted by atomic mass is 32.2. The Labute approximate surface area is 189 Å². The van der Waals surface area contributed by atoms with E-state index in [2.05, 4.69) is 27.4 Å². The van der Waals surface area contributed by atoms with Crippen molar-refractivity contribution in [2.75, 3.05) is 4.72 Å². The lowest BCUT2D eigenvalue weighted by atomic mass is 10.1. The normalized spacial score (nSPS) is 11.9. The molecule has 0 aliphatic carbocycles. The van der Waals surface area contributed by atoms with Gasteiger partial charge in [0.1, 0.15) is 10.7 Å². The summed E-state index contributed by atoms with van der Waals surface area (Å²) in [6, 6.07) is 15.7. The van der Waals surface area contributed by atoms with E-state index >= 15 is 0 Å². The van der Waals surface area contributed by atoms with E-state index in [-0.39, 0.29) is 4.90 Å². The van der Waals surface area contributed by atoms with Crippen molar-refractivity contribution in [3.63, 3.8) is 0 Å². The number of imidazole rings is 1. The van der Waals surface area contributed by atoms with E-state index in [4.69, 9.17) is 4.98 Å². The third-order valence-corrected chi connectivity index (χ3v) is 7.39. The minimum Gasteiger partial charge on any atom is -0.328 e. The number of nitrogens with zero attached hydrogens (tertiary/aromatic N) is 4. The molecule has 0 atom stereocenters. The standard InChI is InChI=1S/C24H29N5O2S/c1-5-16-29-22-13-9-8-12-21(22)25-23(29)15-14-19-10-6-7-11-20(19)27-32(30,31)24-17(2)26-28(4)18(24)3/h6-13,27H,5,14-16H2,1-4H3. The van der Waals surface area contributed by atoms with Crippen molar-refractivity contribution in [3.05, 3.63) is 71.3 Å². The molecule has 0 amide bonds. The maximum absolute atomic E-state index is 13.2. The molecule has 0 fully saturated rings. The predicted octanol–water partition coefficient (Wildman–Crippen LogP) is 4.38. The number of nitrogens with one attached hydrogen (secondary N) is 1. The van der Waals surface area contributed by atoms with Gasteiger partial charge < -0.3 is 4.57 Å². The van der Waals surface area contributed by atoms with Crippen molar-refractivity contribution in [1.29, 1.82) is 0 Å². The molecule has 2 aromatic carbocycles. The third-order valence-electron chi connectivity index (χ3n) is 5.77. The van der Waals surface area contributed by atoms with Crippen molar-refractivity contribution in [1.82, 2.24) is 19.3 Å². The van der Waals surface area contributed by atoms with E-state index in [0.29, 0.717) is 23.5 Å². The zero-order valence-electron chi connectivity index (χ0n) is 19.0. The molecule has 0 saturated carbocycles. The first kappa shape index (κ1) is 22.1. The average Bonchev–Trinajstić information content (AvgIpc) is 3.23. The fourth-order valence-corrected chi connectivity index (χ4v) is 5.75. The highest BCUT2D eigenvalue weighted by Gasteiger charge is 2.24. The molecule has 0 bridgehead atoms. The molecule has 0 aliphatic heterocycles. The zero-order chi connectivity index (χ0) is 22.9. The number of rotatable bonds is 8. The SMILES string of the molecule is CCCn1c(CCc2ccccc2NS(=O)(=O)c2c(C)nn(C)c2C)nc2ccccc21. The summed E-state index contributed by atoms with van der Waals surface area (Å²) >= 11 is 0. The van der Waals surface area contributed by atoms with E-state index in [1.54, 1.807) is 25.6 Å². The number of fused-ring (bicyclic) bond motifs is 1. The summed E-state index contributed by atoms with van der Waals surface area (Å²) in [5.74, 6) is 1.02. The average molecular weight is 452 g/mol. The van der Waals surface area contributed by atoms with Gasteiger partial charge in [-0.1, -0.05) is 37.3 Å². The third kappa shape index (κ3) is 4.14. The number of benzene rings is 2. The Balaban J connectivity index is 1.61. The van der Waals surface area contributed by atoms with E-state index in [9.17, 15) is 8.42 Å². The fourth-order valence-electron chi connectivity index (χ4n) is 4.21. The van der Waals surface area contributed by atoms with E-state index in [0.717, 1.165) is 41.8 Å². The highest BCUT2D eigenvalue weighted by molar-refractivity contribution is 7.92. The van der Waals surface area contributed by atoms with Crippen LogP contribution in [0.1, 0.15) is 36.1 Å². The number of hydrogen-bond donors (Lipinski definition) is 1. The van der Waals surface area contributed by atoms with Gasteiger partial charge >= 0.3 is 0 Å². The van der Waals surface area contributed by atoms with Gasteiger partial charge in [0.15, 0.2) is 0 Å². The van der Waals surface area contributed by atoms with E-state index in [1.165, 1.54) is 0 Å². The van der Waals surface area contributed by atoms with Gasteiger partial charge in [0, 0.05) is 20.0 Å². The van der Waals surface area contributed by atoms with Crippen LogP contribution in [-0.4, -0.2) is 27.7 Å². The second kappa shape index (κ2) is 8.78. The summed E-state index contributed by atoms with van der Waals surface area (Å²) in [5, 5.41) is 4.25. The number of aryl methyl sites for hydroxylation is 5. The molecule has 0 radical (unpaired) electrons. The summed E-state index contributed by atoms with van der Waals surface area (Å²) in [4.78, 5) is 5.07. The van der Waals surface area contributed by atoms with Crippen LogP contribution in [-0.2, 0) is 36.5 Å². The van der Waals surface area contributed by atoms with Crippen LogP contribution in [0.15, 0.2) is 53.4 Å². The molecule has 8 heteroatoms. The summed E-state index contributed by atoms with van der Waals surface area (Å²) in [5.41, 5.74) is 4.76. The minimum absolute atomic E-state index is 0.236. The molecule has 32 heavy (non-hydrogen) atoms. The molecule has 7 nitrogen and oxygen atoms in total. The van der Waals surface area contributed by atoms with Crippen LogP contribution in [0.5, 0.6) is 0 Å². The van der Waals surface area contributed by atoms with Gasteiger partial charge in [-0.05, 0) is 50.5 Å². The van der Waals surface area contributed by atoms with Gasteiger partial charge in [0.05, 0.1) is 28.1 Å². The smallest absolute Gasteiger partial charge is 0.265 e. The second-order valence-corrected chi connectivity index (χ2v) is 9.67. The Morgan fingerprint density at radius 2 is 1.72 bits per heavy atom. The first-order valence-electron chi connectivity index (χ1n) is 10.9. The van der Waals surface area contributed by atoms with Gasteiger partial charge in [-0.15, -0.1) is 0 Å². The van der Waals surface area contributed by atoms with Gasteiger partial charge in [-0.2, -0.15) is 5.10 Å². The Hall–Kier alpha value is -3.13. The van der Waals surface area contributed by atoms with Gasteiger partial charge in [0.25, 0.3) is 10.0 Å². The van der Waals surface area contributed by atoms with Crippen molar-refractivity contribution in [3.8, 4) is 0 Å². The van der Waals surface area contributed by atoms with E-state index in [1.807, 2.05) is 42.5 Å². The molecule has 2 aromatic heterocycles. The molecule has 4 aromatic rings. The Kier molecular flexibility index (Phi) is 6.06. The maximum atomic E-state index is 13.2. The molecule has 0 spiro atoms. The summed E-state index contributed by atoms with van der Waals surface area (Å²) in [6.45, 7) is 6.54. The van der Waals surface area contributed by atoms with Crippen LogP contribution in [0.25, 0.3) is 11.0 Å². The van der Waals surface area contributed by atoms with Crippen molar-refractivity contribution in [2.45, 2.75) is 51.5 Å². The Morgan fingerprint density at radius 3 is 2.44 bits per heavy atom. The Bertz CT molecular complexity index is 1370. The van der Waals surface area contributed by atoms with Crippen LogP contribution in [0.3, 0.4) is 0 Å². The summed E-state index contributed by atoms with van der Waals surface area (Å²) in [7, 11) is -2.00. The maximum Gasteiger partial charge on any atom is 0.265 e. The van der Waals surface area contributed by atoms with E-state index < -0.39 is 10.0 Å². The molecule has 0 unspecified atom stereocenters. The van der Waals surface area contributed by atoms with Crippen LogP contribution in [0.4, 0.5) is 5.69 Å². The first-order chi connectivity index (χ1) is 15.3. The molecular formula is C24H29N5O2S. The first-order valence-corrected chi connectivity index (χ1v) is 12.3. The number of anilines is 1. The van der Waals surface area contributed by atoms with Crippen molar-refractivity contribution < 1.29 is 8.42 Å². The fraction of sp³-hybridized carbons (Fsp3) is 0.333. The largest absolute Gasteiger partial charge is 0.328 e. The number of aromatic nitrogens is 4. The quantitative estimate of drug-likeness (QED) is 0.431. The van der Waals surface area contributed by atoms with Crippen molar-refractivity contribution >= 4 is 26.7 Å². The molecule has 2 heterocycles. The molecular weight excluding hydrogens is 422 g/mol. The van der Waals surface area contributed by atoms with Gasteiger partial charge in [-0.25, -0.2) is 13.4 Å². The van der Waals surface area contributed by atoms with Crippen LogP contribution >= 0.6 is 0 Å². The molecule has 4 rings (SSSR count). The Morgan fingerprint density at radius 1 is 1.00 bits per heavy atom. The lowest BCUT2D eigenvalue weighted by molar-refractivity contribution is 0.599. The summed E-state index contributed by atoms with van der Waals surface area (Å²) in [6.07, 6.45) is 2.42. The molecule has 0 aliphatic rings. The number of sulfonamides is 1. The number of hydrogen-bond acceptors (Lipinski definition) is 4. The molecule has 0 saturated heterocycles. The predicted molar refractivity (Wildman–Crippen MR) is 127 cm³/mol. The van der Waals surface area contributed by atoms with Crippen LogP contribution in [0.2, 0.25) is 0 Å². The highest BCUT2D eigenvalue weighted by Crippen LogP contribution is 2.25. The van der Waals surface area contributed by atoms with Gasteiger partial charge in [-0.3, -0.25) is 9.40 Å². The molecule has 168 valence electrons. The van der Waals surface area contributed by atoms with Crippen LogP contribution < -0.4 is 4.72 Å². The monoisotopic (exact) mass is 451 g/mol. The van der Waals surface area contributed by atoms with Crippen LogP contribution in [0, 0.1) is 13.8 Å². The molecule has 1 N–H and O–H groups in total. The second-order valence-electron chi connectivity index (χ2n) is 8.05. The van der Waals surface area contributed by atoms with Crippen molar-refractivity contribution in [2.24, 2.45) is 7.05 Å². The lowest BCUT2D eigenvalue weighted by Crippen LogP contribution is -2.16. The lowest BCUT2D eigenvalue weighted by Gasteiger charge is -2.13. The zero-order valence-corrected chi connectivity index (χ0v) is 19.8. The van der Waals surface area contributed by atoms with Gasteiger partial charge in [0.2, 0.25) is 0 Å². The summed E-state index contributed by atoms with van der Waals surface area (Å²) < 4.78 is 33.0. The topological polar surface area (TPSA) is 81.8 Å².